The van der Waals surface area contributed by atoms with E-state index in [0.717, 1.165) is 13.1 Å². The van der Waals surface area contributed by atoms with E-state index in [9.17, 15) is 9.18 Å². The molecule has 3 nitrogen and oxygen atoms in total. The van der Waals surface area contributed by atoms with Crippen LogP contribution >= 0.6 is 11.6 Å². The maximum Gasteiger partial charge on any atom is 0.254 e. The Balaban J connectivity index is 2.55. The number of nitrogens with zero attached hydrogens (tertiary/aromatic N) is 1. The summed E-state index contributed by atoms with van der Waals surface area (Å²) < 4.78 is 13.3. The largest absolute Gasteiger partial charge is 0.351 e. The van der Waals surface area contributed by atoms with Crippen molar-refractivity contribution in [2.75, 3.05) is 26.7 Å². The fraction of sp³-hybridized carbons (Fsp3) is 0.417. The Kier molecular flexibility index (Phi) is 5.38. The maximum absolute atomic E-state index is 13.3. The molecule has 0 spiro atoms. The van der Waals surface area contributed by atoms with Crippen LogP contribution in [0.3, 0.4) is 0 Å². The quantitative estimate of drug-likeness (QED) is 0.878. The van der Waals surface area contributed by atoms with E-state index >= 15 is 0 Å². The molecule has 0 aliphatic heterocycles. The fourth-order valence-electron chi connectivity index (χ4n) is 1.29. The van der Waals surface area contributed by atoms with Crippen LogP contribution < -0.4 is 5.32 Å². The Bertz CT molecular complexity index is 398. The standard InChI is InChI=1S/C12H16ClFN2O/c1-3-16(2)7-6-15-12(17)10-8-9(13)4-5-11(10)14/h4-5,8H,3,6-7H2,1-2H3,(H,15,17). The van der Waals surface area contributed by atoms with Gasteiger partial charge in [0.2, 0.25) is 0 Å². The fourth-order valence-corrected chi connectivity index (χ4v) is 1.46. The number of carbonyl (C=O) groups is 1. The predicted octanol–water partition coefficient (Wildman–Crippen LogP) is 2.16. The van der Waals surface area contributed by atoms with Gasteiger partial charge in [0.05, 0.1) is 5.56 Å². The summed E-state index contributed by atoms with van der Waals surface area (Å²) in [6, 6.07) is 3.93. The van der Waals surface area contributed by atoms with Gasteiger partial charge in [0.25, 0.3) is 5.91 Å². The second-order valence-corrected chi connectivity index (χ2v) is 4.21. The highest BCUT2D eigenvalue weighted by Crippen LogP contribution is 2.14. The molecule has 0 unspecified atom stereocenters. The van der Waals surface area contributed by atoms with Gasteiger partial charge in [-0.15, -0.1) is 0 Å². The minimum Gasteiger partial charge on any atom is -0.351 e. The predicted molar refractivity (Wildman–Crippen MR) is 66.9 cm³/mol. The van der Waals surface area contributed by atoms with Crippen molar-refractivity contribution in [3.8, 4) is 0 Å². The summed E-state index contributed by atoms with van der Waals surface area (Å²) in [5.41, 5.74) is -0.0170. The first-order chi connectivity index (χ1) is 8.04. The Hall–Kier alpha value is -1.13. The first-order valence-electron chi connectivity index (χ1n) is 5.46. The normalized spacial score (nSPS) is 10.6. The van der Waals surface area contributed by atoms with Gasteiger partial charge in [-0.25, -0.2) is 4.39 Å². The van der Waals surface area contributed by atoms with Crippen LogP contribution in [-0.4, -0.2) is 37.5 Å². The zero-order valence-corrected chi connectivity index (χ0v) is 10.7. The molecular formula is C12H16ClFN2O. The molecule has 1 amide bonds. The summed E-state index contributed by atoms with van der Waals surface area (Å²) in [6.07, 6.45) is 0. The molecule has 0 heterocycles. The first kappa shape index (κ1) is 13.9. The van der Waals surface area contributed by atoms with Gasteiger partial charge >= 0.3 is 0 Å². The number of hydrogen-bond acceptors (Lipinski definition) is 2. The summed E-state index contributed by atoms with van der Waals surface area (Å²) in [4.78, 5) is 13.7. The zero-order chi connectivity index (χ0) is 12.8. The topological polar surface area (TPSA) is 32.3 Å². The van der Waals surface area contributed by atoms with Crippen molar-refractivity contribution in [3.05, 3.63) is 34.6 Å². The summed E-state index contributed by atoms with van der Waals surface area (Å²) in [5, 5.41) is 3.00. The van der Waals surface area contributed by atoms with Gasteiger partial charge in [0.15, 0.2) is 0 Å². The minimum atomic E-state index is -0.559. The highest BCUT2D eigenvalue weighted by molar-refractivity contribution is 6.30. The number of hydrogen-bond donors (Lipinski definition) is 1. The van der Waals surface area contributed by atoms with Gasteiger partial charge in [0.1, 0.15) is 5.82 Å². The van der Waals surface area contributed by atoms with Crippen LogP contribution in [0.1, 0.15) is 17.3 Å². The van der Waals surface area contributed by atoms with Crippen molar-refractivity contribution in [3.63, 3.8) is 0 Å². The van der Waals surface area contributed by atoms with Crippen molar-refractivity contribution in [1.29, 1.82) is 0 Å². The number of rotatable bonds is 5. The second-order valence-electron chi connectivity index (χ2n) is 3.78. The van der Waals surface area contributed by atoms with Gasteiger partial charge in [0, 0.05) is 18.1 Å². The number of halogens is 2. The van der Waals surface area contributed by atoms with Crippen LogP contribution in [0.5, 0.6) is 0 Å². The number of nitrogens with one attached hydrogen (secondary N) is 1. The van der Waals surface area contributed by atoms with E-state index in [1.807, 2.05) is 14.0 Å². The molecule has 0 radical (unpaired) electrons. The van der Waals surface area contributed by atoms with E-state index in [-0.39, 0.29) is 5.56 Å². The molecule has 1 N–H and O–H groups in total. The van der Waals surface area contributed by atoms with Gasteiger partial charge in [-0.2, -0.15) is 0 Å². The zero-order valence-electron chi connectivity index (χ0n) is 9.96. The summed E-state index contributed by atoms with van der Waals surface area (Å²) in [5.74, 6) is -0.995. The average molecular weight is 259 g/mol. The number of benzene rings is 1. The number of amides is 1. The van der Waals surface area contributed by atoms with E-state index < -0.39 is 11.7 Å². The molecule has 0 fully saturated rings. The molecule has 0 aromatic heterocycles. The number of carbonyl (C=O) groups excluding carboxylic acids is 1. The highest BCUT2D eigenvalue weighted by atomic mass is 35.5. The summed E-state index contributed by atoms with van der Waals surface area (Å²) in [6.45, 7) is 4.14. The Morgan fingerprint density at radius 2 is 2.24 bits per heavy atom. The average Bonchev–Trinajstić information content (AvgIpc) is 2.31. The van der Waals surface area contributed by atoms with Crippen molar-refractivity contribution in [1.82, 2.24) is 10.2 Å². The van der Waals surface area contributed by atoms with Gasteiger partial charge in [-0.05, 0) is 31.8 Å². The molecular weight excluding hydrogens is 243 g/mol. The lowest BCUT2D eigenvalue weighted by molar-refractivity contribution is 0.0946. The van der Waals surface area contributed by atoms with Crippen LogP contribution in [0.2, 0.25) is 5.02 Å². The molecule has 1 aromatic rings. The van der Waals surface area contributed by atoms with Crippen molar-refractivity contribution in [2.45, 2.75) is 6.92 Å². The lowest BCUT2D eigenvalue weighted by Gasteiger charge is -2.14. The van der Waals surface area contributed by atoms with Crippen LogP contribution in [0.4, 0.5) is 4.39 Å². The smallest absolute Gasteiger partial charge is 0.254 e. The third kappa shape index (κ3) is 4.32. The number of likely N-dealkylation sites (N-methyl/N-ethyl adjacent to an activating group) is 1. The molecule has 0 saturated heterocycles. The van der Waals surface area contributed by atoms with Crippen LogP contribution in [0.25, 0.3) is 0 Å². The van der Waals surface area contributed by atoms with Gasteiger partial charge < -0.3 is 10.2 Å². The van der Waals surface area contributed by atoms with E-state index in [1.165, 1.54) is 18.2 Å². The highest BCUT2D eigenvalue weighted by Gasteiger charge is 2.11. The maximum atomic E-state index is 13.3. The molecule has 0 aliphatic rings. The molecule has 17 heavy (non-hydrogen) atoms. The van der Waals surface area contributed by atoms with Crippen LogP contribution in [0.15, 0.2) is 18.2 Å². The second kappa shape index (κ2) is 6.57. The molecule has 0 bridgehead atoms. The summed E-state index contributed by atoms with van der Waals surface area (Å²) >= 11 is 5.71. The lowest BCUT2D eigenvalue weighted by Crippen LogP contribution is -2.33. The Labute approximate surface area is 106 Å². The summed E-state index contributed by atoms with van der Waals surface area (Å²) in [7, 11) is 1.95. The van der Waals surface area contributed by atoms with Gasteiger partial charge in [-0.3, -0.25) is 4.79 Å². The van der Waals surface area contributed by atoms with Gasteiger partial charge in [-0.1, -0.05) is 18.5 Å². The van der Waals surface area contributed by atoms with E-state index in [0.29, 0.717) is 11.6 Å². The minimum absolute atomic E-state index is 0.0170. The molecule has 0 atom stereocenters. The Morgan fingerprint density at radius 1 is 1.53 bits per heavy atom. The Morgan fingerprint density at radius 3 is 2.88 bits per heavy atom. The molecule has 5 heteroatoms. The third-order valence-corrected chi connectivity index (χ3v) is 2.73. The monoisotopic (exact) mass is 258 g/mol. The molecule has 94 valence electrons. The first-order valence-corrected chi connectivity index (χ1v) is 5.84. The van der Waals surface area contributed by atoms with E-state index in [1.54, 1.807) is 0 Å². The van der Waals surface area contributed by atoms with E-state index in [4.69, 9.17) is 11.6 Å². The van der Waals surface area contributed by atoms with Crippen molar-refractivity contribution in [2.24, 2.45) is 0 Å². The van der Waals surface area contributed by atoms with Crippen molar-refractivity contribution >= 4 is 17.5 Å². The van der Waals surface area contributed by atoms with E-state index in [2.05, 4.69) is 10.2 Å². The lowest BCUT2D eigenvalue weighted by atomic mass is 10.2. The molecule has 1 aromatic carbocycles. The SMILES string of the molecule is CCN(C)CCNC(=O)c1cc(Cl)ccc1F. The molecule has 0 aliphatic carbocycles. The van der Waals surface area contributed by atoms with Crippen LogP contribution in [-0.2, 0) is 0 Å². The third-order valence-electron chi connectivity index (χ3n) is 2.49. The molecule has 0 saturated carbocycles. The van der Waals surface area contributed by atoms with Crippen LogP contribution in [0, 0.1) is 5.82 Å². The molecule has 1 rings (SSSR count). The van der Waals surface area contributed by atoms with Crippen molar-refractivity contribution < 1.29 is 9.18 Å².